The fraction of sp³-hybridized carbons (Fsp3) is 0.462. The number of aromatic hydroxyl groups is 1. The molecule has 3 nitrogen and oxygen atoms in total. The molecular weight excluding hydrogens is 202 g/mol. The SMILES string of the molecule is CCCCCN=Cc1cc(OC)ccc1O. The lowest BCUT2D eigenvalue weighted by molar-refractivity contribution is 0.412. The van der Waals surface area contributed by atoms with Gasteiger partial charge in [0.1, 0.15) is 11.5 Å². The molecule has 0 saturated heterocycles. The van der Waals surface area contributed by atoms with Crippen molar-refractivity contribution >= 4 is 6.21 Å². The summed E-state index contributed by atoms with van der Waals surface area (Å²) in [5, 5.41) is 9.59. The summed E-state index contributed by atoms with van der Waals surface area (Å²) in [6.45, 7) is 2.97. The predicted molar refractivity (Wildman–Crippen MR) is 66.6 cm³/mol. The molecule has 1 rings (SSSR count). The molecule has 16 heavy (non-hydrogen) atoms. The van der Waals surface area contributed by atoms with Crippen LogP contribution in [0.15, 0.2) is 23.2 Å². The highest BCUT2D eigenvalue weighted by Gasteiger charge is 1.99. The van der Waals surface area contributed by atoms with Gasteiger partial charge >= 0.3 is 0 Å². The lowest BCUT2D eigenvalue weighted by Gasteiger charge is -2.02. The van der Waals surface area contributed by atoms with Crippen molar-refractivity contribution in [1.29, 1.82) is 0 Å². The molecule has 0 radical (unpaired) electrons. The Morgan fingerprint density at radius 3 is 2.88 bits per heavy atom. The van der Waals surface area contributed by atoms with E-state index < -0.39 is 0 Å². The summed E-state index contributed by atoms with van der Waals surface area (Å²) in [4.78, 5) is 4.27. The van der Waals surface area contributed by atoms with E-state index >= 15 is 0 Å². The quantitative estimate of drug-likeness (QED) is 0.592. The first-order chi connectivity index (χ1) is 7.77. The van der Waals surface area contributed by atoms with Crippen molar-refractivity contribution in [3.8, 4) is 11.5 Å². The van der Waals surface area contributed by atoms with Crippen molar-refractivity contribution in [2.75, 3.05) is 13.7 Å². The zero-order valence-electron chi connectivity index (χ0n) is 9.94. The summed E-state index contributed by atoms with van der Waals surface area (Å²) in [5.41, 5.74) is 0.704. The molecule has 0 heterocycles. The van der Waals surface area contributed by atoms with E-state index in [1.54, 1.807) is 31.5 Å². The van der Waals surface area contributed by atoms with Crippen LogP contribution in [0.25, 0.3) is 0 Å². The molecular formula is C13H19NO2. The highest BCUT2D eigenvalue weighted by Crippen LogP contribution is 2.21. The minimum atomic E-state index is 0.236. The number of unbranched alkanes of at least 4 members (excludes halogenated alkanes) is 2. The van der Waals surface area contributed by atoms with E-state index in [1.807, 2.05) is 0 Å². The van der Waals surface area contributed by atoms with Gasteiger partial charge in [0.15, 0.2) is 0 Å². The molecule has 1 aromatic rings. The maximum absolute atomic E-state index is 9.59. The first-order valence-corrected chi connectivity index (χ1v) is 5.64. The van der Waals surface area contributed by atoms with Crippen molar-refractivity contribution in [1.82, 2.24) is 0 Å². The van der Waals surface area contributed by atoms with Gasteiger partial charge in [-0.1, -0.05) is 19.8 Å². The van der Waals surface area contributed by atoms with E-state index in [-0.39, 0.29) is 5.75 Å². The molecule has 0 atom stereocenters. The number of hydrogen-bond acceptors (Lipinski definition) is 3. The van der Waals surface area contributed by atoms with Crippen LogP contribution in [-0.2, 0) is 0 Å². The van der Waals surface area contributed by atoms with Crippen LogP contribution in [0.5, 0.6) is 11.5 Å². The van der Waals surface area contributed by atoms with Crippen molar-refractivity contribution in [2.45, 2.75) is 26.2 Å². The zero-order valence-corrected chi connectivity index (χ0v) is 9.94. The molecule has 88 valence electrons. The third-order valence-corrected chi connectivity index (χ3v) is 2.36. The maximum Gasteiger partial charge on any atom is 0.124 e. The monoisotopic (exact) mass is 221 g/mol. The average molecular weight is 221 g/mol. The van der Waals surface area contributed by atoms with Crippen LogP contribution in [-0.4, -0.2) is 25.0 Å². The molecule has 1 aromatic carbocycles. The van der Waals surface area contributed by atoms with E-state index in [2.05, 4.69) is 11.9 Å². The molecule has 0 spiro atoms. The summed E-state index contributed by atoms with van der Waals surface area (Å²) in [6, 6.07) is 5.12. The second kappa shape index (κ2) is 6.88. The second-order valence-corrected chi connectivity index (χ2v) is 3.67. The van der Waals surface area contributed by atoms with E-state index in [0.717, 1.165) is 18.7 Å². The number of aliphatic imine (C=N–C) groups is 1. The van der Waals surface area contributed by atoms with Gasteiger partial charge in [-0.05, 0) is 24.6 Å². The molecule has 0 aliphatic rings. The zero-order chi connectivity index (χ0) is 11.8. The summed E-state index contributed by atoms with van der Waals surface area (Å²) < 4.78 is 5.08. The lowest BCUT2D eigenvalue weighted by atomic mass is 10.2. The van der Waals surface area contributed by atoms with Crippen molar-refractivity contribution in [2.24, 2.45) is 4.99 Å². The van der Waals surface area contributed by atoms with Crippen LogP contribution in [0.2, 0.25) is 0 Å². The Balaban J connectivity index is 2.57. The average Bonchev–Trinajstić information content (AvgIpc) is 2.31. The predicted octanol–water partition coefficient (Wildman–Crippen LogP) is 3.01. The van der Waals surface area contributed by atoms with Crippen LogP contribution in [0.4, 0.5) is 0 Å². The summed E-state index contributed by atoms with van der Waals surface area (Å²) in [5.74, 6) is 0.966. The molecule has 3 heteroatoms. The third-order valence-electron chi connectivity index (χ3n) is 2.36. The molecule has 0 bridgehead atoms. The van der Waals surface area contributed by atoms with Gasteiger partial charge in [-0.25, -0.2) is 0 Å². The molecule has 0 fully saturated rings. The van der Waals surface area contributed by atoms with E-state index in [4.69, 9.17) is 4.74 Å². The molecule has 0 unspecified atom stereocenters. The number of phenolic OH excluding ortho intramolecular Hbond substituents is 1. The summed E-state index contributed by atoms with van der Waals surface area (Å²) in [7, 11) is 1.61. The fourth-order valence-corrected chi connectivity index (χ4v) is 1.38. The Bertz CT molecular complexity index is 348. The molecule has 0 aliphatic heterocycles. The fourth-order valence-electron chi connectivity index (χ4n) is 1.38. The van der Waals surface area contributed by atoms with Gasteiger partial charge in [0, 0.05) is 18.3 Å². The van der Waals surface area contributed by atoms with Gasteiger partial charge in [-0.3, -0.25) is 4.99 Å². The highest BCUT2D eigenvalue weighted by atomic mass is 16.5. The number of benzene rings is 1. The minimum Gasteiger partial charge on any atom is -0.507 e. The van der Waals surface area contributed by atoms with E-state index in [0.29, 0.717) is 5.56 Å². The maximum atomic E-state index is 9.59. The van der Waals surface area contributed by atoms with Crippen molar-refractivity contribution < 1.29 is 9.84 Å². The molecule has 1 N–H and O–H groups in total. The van der Waals surface area contributed by atoms with Crippen LogP contribution in [0.1, 0.15) is 31.7 Å². The first-order valence-electron chi connectivity index (χ1n) is 5.64. The Kier molecular flexibility index (Phi) is 5.40. The van der Waals surface area contributed by atoms with E-state index in [1.165, 1.54) is 12.8 Å². The lowest BCUT2D eigenvalue weighted by Crippen LogP contribution is -1.88. The van der Waals surface area contributed by atoms with Gasteiger partial charge in [0.05, 0.1) is 7.11 Å². The van der Waals surface area contributed by atoms with Crippen LogP contribution in [0.3, 0.4) is 0 Å². The second-order valence-electron chi connectivity index (χ2n) is 3.67. The Morgan fingerprint density at radius 1 is 1.38 bits per heavy atom. The number of ether oxygens (including phenoxy) is 1. The number of hydrogen-bond donors (Lipinski definition) is 1. The molecule has 0 saturated carbocycles. The Hall–Kier alpha value is -1.51. The number of methoxy groups -OCH3 is 1. The Morgan fingerprint density at radius 2 is 2.19 bits per heavy atom. The van der Waals surface area contributed by atoms with Gasteiger partial charge in [-0.2, -0.15) is 0 Å². The van der Waals surface area contributed by atoms with Crippen LogP contribution in [0, 0.1) is 0 Å². The normalized spacial score (nSPS) is 10.9. The molecule has 0 aromatic heterocycles. The summed E-state index contributed by atoms with van der Waals surface area (Å²) >= 11 is 0. The van der Waals surface area contributed by atoms with Gasteiger partial charge in [0.2, 0.25) is 0 Å². The van der Waals surface area contributed by atoms with Gasteiger partial charge < -0.3 is 9.84 Å². The number of nitrogens with zero attached hydrogens (tertiary/aromatic N) is 1. The van der Waals surface area contributed by atoms with Gasteiger partial charge in [0.25, 0.3) is 0 Å². The van der Waals surface area contributed by atoms with Crippen molar-refractivity contribution in [3.05, 3.63) is 23.8 Å². The Labute approximate surface area is 96.8 Å². The van der Waals surface area contributed by atoms with Gasteiger partial charge in [-0.15, -0.1) is 0 Å². The van der Waals surface area contributed by atoms with E-state index in [9.17, 15) is 5.11 Å². The topological polar surface area (TPSA) is 41.8 Å². The molecule has 0 aliphatic carbocycles. The molecule has 0 amide bonds. The first kappa shape index (κ1) is 12.6. The smallest absolute Gasteiger partial charge is 0.124 e. The number of phenols is 1. The van der Waals surface area contributed by atoms with Crippen molar-refractivity contribution in [3.63, 3.8) is 0 Å². The standard InChI is InChI=1S/C13H19NO2/c1-3-4-5-8-14-10-11-9-12(16-2)6-7-13(11)15/h6-7,9-10,15H,3-5,8H2,1-2H3. The largest absolute Gasteiger partial charge is 0.507 e. The van der Waals surface area contributed by atoms with Crippen LogP contribution < -0.4 is 4.74 Å². The minimum absolute atomic E-state index is 0.236. The highest BCUT2D eigenvalue weighted by molar-refractivity contribution is 5.84. The third kappa shape index (κ3) is 3.93. The van der Waals surface area contributed by atoms with Crippen LogP contribution >= 0.6 is 0 Å². The number of rotatable bonds is 6. The summed E-state index contributed by atoms with van der Waals surface area (Å²) in [6.07, 6.45) is 5.19.